The summed E-state index contributed by atoms with van der Waals surface area (Å²) in [7, 11) is 0. The number of carbonyl (C=O) groups is 2. The zero-order valence-electron chi connectivity index (χ0n) is 11.6. The van der Waals surface area contributed by atoms with Gasteiger partial charge in [-0.2, -0.15) is 0 Å². The molecule has 1 aliphatic heterocycles. The maximum Gasteiger partial charge on any atom is 0.314 e. The molecule has 108 valence electrons. The Bertz CT molecular complexity index is 469. The average molecular weight is 276 g/mol. The summed E-state index contributed by atoms with van der Waals surface area (Å²) < 4.78 is 0. The quantitative estimate of drug-likeness (QED) is 0.864. The molecule has 0 radical (unpaired) electrons. The van der Waals surface area contributed by atoms with Gasteiger partial charge in [-0.25, -0.2) is 4.79 Å². The summed E-state index contributed by atoms with van der Waals surface area (Å²) in [5.41, 5.74) is 6.07. The molecule has 0 bridgehead atoms. The van der Waals surface area contributed by atoms with Crippen molar-refractivity contribution in [1.29, 1.82) is 0 Å². The maximum atomic E-state index is 12.2. The molecular formula is C14H20N4O2. The fraction of sp³-hybridized carbons (Fsp3) is 0.500. The highest BCUT2D eigenvalue weighted by Gasteiger charge is 2.27. The van der Waals surface area contributed by atoms with E-state index in [9.17, 15) is 9.59 Å². The van der Waals surface area contributed by atoms with Crippen LogP contribution in [0, 0.1) is 5.92 Å². The van der Waals surface area contributed by atoms with Gasteiger partial charge in [-0.05, 0) is 31.9 Å². The molecule has 0 spiro atoms. The zero-order chi connectivity index (χ0) is 14.5. The van der Waals surface area contributed by atoms with Gasteiger partial charge in [0.2, 0.25) is 5.91 Å². The monoisotopic (exact) mass is 276 g/mol. The van der Waals surface area contributed by atoms with Gasteiger partial charge in [-0.15, -0.1) is 0 Å². The maximum absolute atomic E-state index is 12.2. The third-order valence-corrected chi connectivity index (χ3v) is 3.67. The second-order valence-corrected chi connectivity index (χ2v) is 5.08. The van der Waals surface area contributed by atoms with Crippen molar-refractivity contribution >= 4 is 11.9 Å². The first-order chi connectivity index (χ1) is 9.58. The molecule has 2 heterocycles. The van der Waals surface area contributed by atoms with Crippen LogP contribution < -0.4 is 11.1 Å². The molecule has 1 atom stereocenters. The van der Waals surface area contributed by atoms with Crippen LogP contribution in [-0.2, 0) is 4.79 Å². The lowest BCUT2D eigenvalue weighted by Gasteiger charge is -2.30. The summed E-state index contributed by atoms with van der Waals surface area (Å²) in [5, 5.41) is 2.97. The minimum atomic E-state index is -0.411. The molecule has 1 aliphatic rings. The molecule has 1 aromatic rings. The van der Waals surface area contributed by atoms with E-state index in [4.69, 9.17) is 5.73 Å². The lowest BCUT2D eigenvalue weighted by molar-refractivity contribution is -0.126. The minimum absolute atomic E-state index is 0.0206. The van der Waals surface area contributed by atoms with Crippen LogP contribution in [0.15, 0.2) is 24.4 Å². The van der Waals surface area contributed by atoms with Gasteiger partial charge in [0.15, 0.2) is 0 Å². The Kier molecular flexibility index (Phi) is 4.55. The number of likely N-dealkylation sites (tertiary alicyclic amines) is 1. The van der Waals surface area contributed by atoms with Crippen molar-refractivity contribution in [1.82, 2.24) is 15.2 Å². The summed E-state index contributed by atoms with van der Waals surface area (Å²) in [4.78, 5) is 29.0. The number of nitrogens with one attached hydrogen (secondary N) is 1. The van der Waals surface area contributed by atoms with E-state index in [2.05, 4.69) is 10.3 Å². The molecular weight excluding hydrogens is 256 g/mol. The Labute approximate surface area is 118 Å². The Hall–Kier alpha value is -2.11. The molecule has 0 saturated carbocycles. The highest BCUT2D eigenvalue weighted by atomic mass is 16.2. The average Bonchev–Trinajstić information content (AvgIpc) is 2.48. The van der Waals surface area contributed by atoms with Crippen molar-refractivity contribution in [2.75, 3.05) is 13.1 Å². The van der Waals surface area contributed by atoms with Gasteiger partial charge < -0.3 is 16.0 Å². The van der Waals surface area contributed by atoms with Crippen molar-refractivity contribution < 1.29 is 9.59 Å². The van der Waals surface area contributed by atoms with Gasteiger partial charge >= 0.3 is 6.03 Å². The number of piperidine rings is 1. The predicted octanol–water partition coefficient (Wildman–Crippen LogP) is 1.05. The van der Waals surface area contributed by atoms with Crippen LogP contribution in [0.4, 0.5) is 4.79 Å². The number of urea groups is 1. The van der Waals surface area contributed by atoms with E-state index in [-0.39, 0.29) is 17.9 Å². The zero-order valence-corrected chi connectivity index (χ0v) is 11.6. The van der Waals surface area contributed by atoms with Crippen LogP contribution in [0.2, 0.25) is 0 Å². The molecule has 1 aromatic heterocycles. The van der Waals surface area contributed by atoms with Crippen molar-refractivity contribution in [2.24, 2.45) is 11.7 Å². The number of aromatic nitrogens is 1. The minimum Gasteiger partial charge on any atom is -0.351 e. The fourth-order valence-corrected chi connectivity index (χ4v) is 2.40. The largest absolute Gasteiger partial charge is 0.351 e. The number of pyridine rings is 1. The Morgan fingerprint density at radius 3 is 2.65 bits per heavy atom. The first-order valence-corrected chi connectivity index (χ1v) is 6.83. The number of amides is 3. The Balaban J connectivity index is 1.85. The molecule has 6 heteroatoms. The topological polar surface area (TPSA) is 88.3 Å². The van der Waals surface area contributed by atoms with Crippen LogP contribution >= 0.6 is 0 Å². The second kappa shape index (κ2) is 6.36. The lowest BCUT2D eigenvalue weighted by Crippen LogP contribution is -2.45. The molecule has 1 unspecified atom stereocenters. The third-order valence-electron chi connectivity index (χ3n) is 3.67. The standard InChI is InChI=1S/C14H20N4O2/c1-10(12-4-2-3-7-16-12)17-13(19)11-5-8-18(9-6-11)14(15)20/h2-4,7,10-11H,5-6,8-9H2,1H3,(H2,15,20)(H,17,19). The number of hydrogen-bond donors (Lipinski definition) is 2. The van der Waals surface area contributed by atoms with Gasteiger partial charge in [0.25, 0.3) is 0 Å². The van der Waals surface area contributed by atoms with Crippen molar-refractivity contribution in [3.8, 4) is 0 Å². The third kappa shape index (κ3) is 3.46. The van der Waals surface area contributed by atoms with Crippen molar-refractivity contribution in [2.45, 2.75) is 25.8 Å². The Morgan fingerprint density at radius 1 is 1.40 bits per heavy atom. The number of hydrogen-bond acceptors (Lipinski definition) is 3. The molecule has 20 heavy (non-hydrogen) atoms. The lowest BCUT2D eigenvalue weighted by atomic mass is 9.95. The number of rotatable bonds is 3. The number of nitrogens with zero attached hydrogens (tertiary/aromatic N) is 2. The Morgan fingerprint density at radius 2 is 2.10 bits per heavy atom. The summed E-state index contributed by atoms with van der Waals surface area (Å²) >= 11 is 0. The van der Waals surface area contributed by atoms with E-state index in [1.54, 1.807) is 11.1 Å². The fourth-order valence-electron chi connectivity index (χ4n) is 2.40. The van der Waals surface area contributed by atoms with Crippen LogP contribution in [0.3, 0.4) is 0 Å². The molecule has 1 fully saturated rings. The number of primary amides is 1. The predicted molar refractivity (Wildman–Crippen MR) is 74.7 cm³/mol. The van der Waals surface area contributed by atoms with Crippen LogP contribution in [-0.4, -0.2) is 34.9 Å². The second-order valence-electron chi connectivity index (χ2n) is 5.08. The SMILES string of the molecule is CC(NC(=O)C1CCN(C(N)=O)CC1)c1ccccn1. The summed E-state index contributed by atoms with van der Waals surface area (Å²) in [6.45, 7) is 3.01. The molecule has 3 amide bonds. The first kappa shape index (κ1) is 14.3. The number of nitrogens with two attached hydrogens (primary N) is 1. The van der Waals surface area contributed by atoms with Crippen LogP contribution in [0.1, 0.15) is 31.5 Å². The molecule has 1 saturated heterocycles. The normalized spacial score (nSPS) is 17.6. The summed E-state index contributed by atoms with van der Waals surface area (Å²) in [6.07, 6.45) is 3.02. The number of carbonyl (C=O) groups excluding carboxylic acids is 2. The van der Waals surface area contributed by atoms with Crippen molar-refractivity contribution in [3.63, 3.8) is 0 Å². The molecule has 0 aromatic carbocycles. The van der Waals surface area contributed by atoms with Gasteiger partial charge in [0.05, 0.1) is 11.7 Å². The summed E-state index contributed by atoms with van der Waals surface area (Å²) in [5.74, 6) is -0.0379. The smallest absolute Gasteiger partial charge is 0.314 e. The van der Waals surface area contributed by atoms with Crippen LogP contribution in [0.5, 0.6) is 0 Å². The molecule has 0 aliphatic carbocycles. The molecule has 3 N–H and O–H groups in total. The van der Waals surface area contributed by atoms with E-state index in [0.29, 0.717) is 25.9 Å². The van der Waals surface area contributed by atoms with E-state index >= 15 is 0 Å². The highest BCUT2D eigenvalue weighted by Crippen LogP contribution is 2.18. The van der Waals surface area contributed by atoms with Gasteiger partial charge in [0.1, 0.15) is 0 Å². The van der Waals surface area contributed by atoms with Gasteiger partial charge in [0, 0.05) is 25.2 Å². The van der Waals surface area contributed by atoms with Gasteiger partial charge in [-0.1, -0.05) is 6.07 Å². The van der Waals surface area contributed by atoms with E-state index in [1.807, 2.05) is 25.1 Å². The van der Waals surface area contributed by atoms with Crippen LogP contribution in [0.25, 0.3) is 0 Å². The summed E-state index contributed by atoms with van der Waals surface area (Å²) in [6, 6.07) is 5.11. The van der Waals surface area contributed by atoms with E-state index in [0.717, 1.165) is 5.69 Å². The first-order valence-electron chi connectivity index (χ1n) is 6.83. The van der Waals surface area contributed by atoms with E-state index < -0.39 is 6.03 Å². The van der Waals surface area contributed by atoms with Crippen molar-refractivity contribution in [3.05, 3.63) is 30.1 Å². The molecule has 6 nitrogen and oxygen atoms in total. The highest BCUT2D eigenvalue weighted by molar-refractivity contribution is 5.79. The van der Waals surface area contributed by atoms with E-state index in [1.165, 1.54) is 0 Å². The van der Waals surface area contributed by atoms with Gasteiger partial charge in [-0.3, -0.25) is 9.78 Å². The molecule has 2 rings (SSSR count).